The van der Waals surface area contributed by atoms with Gasteiger partial charge in [-0.2, -0.15) is 0 Å². The molecule has 1 N–H and O–H groups in total. The number of benzene rings is 1. The van der Waals surface area contributed by atoms with Crippen LogP contribution in [0.25, 0.3) is 0 Å². The fourth-order valence-corrected chi connectivity index (χ4v) is 3.35. The zero-order valence-corrected chi connectivity index (χ0v) is 16.2. The summed E-state index contributed by atoms with van der Waals surface area (Å²) in [7, 11) is 3.22. The van der Waals surface area contributed by atoms with Crippen LogP contribution in [-0.4, -0.2) is 50.6 Å². The summed E-state index contributed by atoms with van der Waals surface area (Å²) < 4.78 is 10.5. The Bertz CT molecular complexity index is 618. The highest BCUT2D eigenvalue weighted by molar-refractivity contribution is 5.85. The van der Waals surface area contributed by atoms with E-state index in [0.29, 0.717) is 44.2 Å². The number of hydrogen-bond donors (Lipinski definition) is 1. The molecule has 6 nitrogen and oxygen atoms in total. The van der Waals surface area contributed by atoms with Gasteiger partial charge in [-0.1, -0.05) is 26.0 Å². The molecule has 1 fully saturated rings. The summed E-state index contributed by atoms with van der Waals surface area (Å²) in [4.78, 5) is 27.2. The molecule has 6 heteroatoms. The van der Waals surface area contributed by atoms with Gasteiger partial charge in [-0.25, -0.2) is 0 Å². The highest BCUT2D eigenvalue weighted by Gasteiger charge is 2.40. The highest BCUT2D eigenvalue weighted by Crippen LogP contribution is 2.37. The molecule has 1 aliphatic rings. The van der Waals surface area contributed by atoms with Gasteiger partial charge >= 0.3 is 0 Å². The van der Waals surface area contributed by atoms with Crippen LogP contribution < -0.4 is 10.1 Å². The number of piperidine rings is 1. The van der Waals surface area contributed by atoms with Crippen LogP contribution in [0.4, 0.5) is 0 Å². The molecule has 0 saturated carbocycles. The maximum absolute atomic E-state index is 12.9. The van der Waals surface area contributed by atoms with Gasteiger partial charge in [-0.3, -0.25) is 9.59 Å². The van der Waals surface area contributed by atoms with Gasteiger partial charge in [0.2, 0.25) is 11.8 Å². The topological polar surface area (TPSA) is 67.9 Å². The largest absolute Gasteiger partial charge is 0.497 e. The van der Waals surface area contributed by atoms with Crippen LogP contribution in [0.2, 0.25) is 0 Å². The van der Waals surface area contributed by atoms with Crippen LogP contribution in [0.15, 0.2) is 24.3 Å². The molecule has 1 aromatic rings. The minimum Gasteiger partial charge on any atom is -0.497 e. The Morgan fingerprint density at radius 3 is 2.77 bits per heavy atom. The molecule has 26 heavy (non-hydrogen) atoms. The molecule has 1 aromatic carbocycles. The molecule has 0 spiro atoms. The van der Waals surface area contributed by atoms with Crippen molar-refractivity contribution in [2.24, 2.45) is 11.8 Å². The first kappa shape index (κ1) is 20.2. The van der Waals surface area contributed by atoms with Gasteiger partial charge in [-0.15, -0.1) is 0 Å². The summed E-state index contributed by atoms with van der Waals surface area (Å²) in [5.74, 6) is 0.872. The summed E-state index contributed by atoms with van der Waals surface area (Å²) >= 11 is 0. The van der Waals surface area contributed by atoms with E-state index < -0.39 is 0 Å². The molecule has 1 aliphatic heterocycles. The Morgan fingerprint density at radius 1 is 1.35 bits per heavy atom. The third kappa shape index (κ3) is 4.97. The van der Waals surface area contributed by atoms with Crippen molar-refractivity contribution in [2.75, 3.05) is 33.9 Å². The van der Waals surface area contributed by atoms with Gasteiger partial charge in [0.15, 0.2) is 0 Å². The summed E-state index contributed by atoms with van der Waals surface area (Å²) in [6, 6.07) is 7.31. The highest BCUT2D eigenvalue weighted by atomic mass is 16.5. The third-order valence-corrected chi connectivity index (χ3v) is 4.70. The van der Waals surface area contributed by atoms with Crippen LogP contribution in [0, 0.1) is 11.8 Å². The average molecular weight is 362 g/mol. The van der Waals surface area contributed by atoms with Crippen LogP contribution in [0.1, 0.15) is 38.3 Å². The van der Waals surface area contributed by atoms with Gasteiger partial charge in [0.1, 0.15) is 5.75 Å². The molecule has 0 bridgehead atoms. The lowest BCUT2D eigenvalue weighted by molar-refractivity contribution is -0.144. The van der Waals surface area contributed by atoms with E-state index in [1.165, 1.54) is 0 Å². The van der Waals surface area contributed by atoms with Crippen molar-refractivity contribution in [3.05, 3.63) is 29.8 Å². The van der Waals surface area contributed by atoms with Gasteiger partial charge in [0, 0.05) is 26.6 Å². The maximum Gasteiger partial charge on any atom is 0.225 e. The van der Waals surface area contributed by atoms with E-state index in [1.807, 2.05) is 24.3 Å². The monoisotopic (exact) mass is 362 g/mol. The number of methoxy groups -OCH3 is 2. The van der Waals surface area contributed by atoms with Crippen molar-refractivity contribution in [1.29, 1.82) is 0 Å². The number of rotatable bonds is 8. The van der Waals surface area contributed by atoms with Crippen LogP contribution in [-0.2, 0) is 14.3 Å². The lowest BCUT2D eigenvalue weighted by Gasteiger charge is -2.41. The molecule has 0 unspecified atom stereocenters. The van der Waals surface area contributed by atoms with Crippen molar-refractivity contribution in [3.63, 3.8) is 0 Å². The van der Waals surface area contributed by atoms with Gasteiger partial charge in [0.05, 0.1) is 25.7 Å². The van der Waals surface area contributed by atoms with Gasteiger partial charge < -0.3 is 19.7 Å². The predicted molar refractivity (Wildman–Crippen MR) is 99.9 cm³/mol. The second-order valence-electron chi connectivity index (χ2n) is 7.09. The minimum atomic E-state index is -0.311. The molecule has 1 heterocycles. The normalized spacial score (nSPS) is 20.3. The summed E-state index contributed by atoms with van der Waals surface area (Å²) in [5, 5.41) is 3.03. The first-order valence-corrected chi connectivity index (χ1v) is 9.18. The SMILES string of the molecule is COCCN1C(=O)CC[C@@H](C(=O)NCC(C)C)[C@@H]1c1cccc(OC)c1. The zero-order valence-electron chi connectivity index (χ0n) is 16.2. The van der Waals surface area contributed by atoms with Crippen LogP contribution in [0.5, 0.6) is 5.75 Å². The Labute approximate surface area is 155 Å². The molecule has 1 saturated heterocycles. The predicted octanol–water partition coefficient (Wildman–Crippen LogP) is 2.39. The smallest absolute Gasteiger partial charge is 0.225 e. The lowest BCUT2D eigenvalue weighted by atomic mass is 9.83. The number of carbonyl (C=O) groups is 2. The van der Waals surface area contributed by atoms with Gasteiger partial charge in [-0.05, 0) is 30.0 Å². The third-order valence-electron chi connectivity index (χ3n) is 4.70. The Morgan fingerprint density at radius 2 is 2.12 bits per heavy atom. The number of ether oxygens (including phenoxy) is 2. The molecule has 144 valence electrons. The molecule has 2 atom stereocenters. The van der Waals surface area contributed by atoms with Crippen molar-refractivity contribution < 1.29 is 19.1 Å². The molecule has 2 rings (SSSR count). The van der Waals surface area contributed by atoms with E-state index in [1.54, 1.807) is 19.1 Å². The van der Waals surface area contributed by atoms with Crippen molar-refractivity contribution in [2.45, 2.75) is 32.7 Å². The Balaban J connectivity index is 2.34. The number of nitrogens with zero attached hydrogens (tertiary/aromatic N) is 1. The molecular formula is C20H30N2O4. The zero-order chi connectivity index (χ0) is 19.1. The van der Waals surface area contributed by atoms with Crippen LogP contribution >= 0.6 is 0 Å². The number of hydrogen-bond acceptors (Lipinski definition) is 4. The van der Waals surface area contributed by atoms with Crippen molar-refractivity contribution in [3.8, 4) is 5.75 Å². The molecule has 0 aliphatic carbocycles. The van der Waals surface area contributed by atoms with E-state index in [-0.39, 0.29) is 23.8 Å². The fourth-order valence-electron chi connectivity index (χ4n) is 3.35. The minimum absolute atomic E-state index is 0.00133. The number of likely N-dealkylation sites (tertiary alicyclic amines) is 1. The molecule has 0 aromatic heterocycles. The van der Waals surface area contributed by atoms with Crippen molar-refractivity contribution >= 4 is 11.8 Å². The number of amides is 2. The van der Waals surface area contributed by atoms with Gasteiger partial charge in [0.25, 0.3) is 0 Å². The van der Waals surface area contributed by atoms with E-state index in [2.05, 4.69) is 19.2 Å². The standard InChI is InChI=1S/C20H30N2O4/c1-14(2)13-21-20(24)17-8-9-18(23)22(10-11-25-3)19(17)15-6-5-7-16(12-15)26-4/h5-7,12,14,17,19H,8-11,13H2,1-4H3,(H,21,24)/t17-,19+/m1/s1. The van der Waals surface area contributed by atoms with E-state index in [9.17, 15) is 9.59 Å². The second-order valence-corrected chi connectivity index (χ2v) is 7.09. The fraction of sp³-hybridized carbons (Fsp3) is 0.600. The average Bonchev–Trinajstić information content (AvgIpc) is 2.64. The van der Waals surface area contributed by atoms with E-state index >= 15 is 0 Å². The number of carbonyl (C=O) groups excluding carboxylic acids is 2. The van der Waals surface area contributed by atoms with Crippen LogP contribution in [0.3, 0.4) is 0 Å². The number of nitrogens with one attached hydrogen (secondary N) is 1. The first-order chi connectivity index (χ1) is 12.5. The summed E-state index contributed by atoms with van der Waals surface area (Å²) in [6.07, 6.45) is 0.929. The molecule has 2 amide bonds. The molecule has 0 radical (unpaired) electrons. The first-order valence-electron chi connectivity index (χ1n) is 9.18. The second kappa shape index (κ2) is 9.57. The maximum atomic E-state index is 12.9. The van der Waals surface area contributed by atoms with E-state index in [4.69, 9.17) is 9.47 Å². The van der Waals surface area contributed by atoms with Crippen molar-refractivity contribution in [1.82, 2.24) is 10.2 Å². The lowest BCUT2D eigenvalue weighted by Crippen LogP contribution is -2.49. The van der Waals surface area contributed by atoms with E-state index in [0.717, 1.165) is 5.56 Å². The summed E-state index contributed by atoms with van der Waals surface area (Å²) in [6.45, 7) is 5.66. The Hall–Kier alpha value is -2.08. The molecular weight excluding hydrogens is 332 g/mol. The Kier molecular flexibility index (Phi) is 7.45. The summed E-state index contributed by atoms with van der Waals surface area (Å²) in [5.41, 5.74) is 0.915. The quantitative estimate of drug-likeness (QED) is 0.771.